The zero-order valence-electron chi connectivity index (χ0n) is 17.9. The van der Waals surface area contributed by atoms with E-state index in [-0.39, 0.29) is 5.82 Å². The molecule has 0 fully saturated rings. The smallest absolute Gasteiger partial charge is 0.133 e. The van der Waals surface area contributed by atoms with E-state index >= 15 is 0 Å². The van der Waals surface area contributed by atoms with Crippen molar-refractivity contribution in [1.82, 2.24) is 9.78 Å². The Bertz CT molecular complexity index is 1170. The molecule has 3 aromatic carbocycles. The lowest BCUT2D eigenvalue weighted by atomic mass is 10.0. The van der Waals surface area contributed by atoms with E-state index in [1.807, 2.05) is 59.3 Å². The van der Waals surface area contributed by atoms with Crippen LogP contribution in [-0.2, 0) is 19.4 Å². The van der Waals surface area contributed by atoms with Crippen molar-refractivity contribution in [2.24, 2.45) is 0 Å². The van der Waals surface area contributed by atoms with Crippen LogP contribution in [0.1, 0.15) is 35.2 Å². The molecule has 5 heteroatoms. The molecule has 162 valence electrons. The lowest BCUT2D eigenvalue weighted by molar-refractivity contribution is 0.306. The van der Waals surface area contributed by atoms with Crippen molar-refractivity contribution in [3.8, 4) is 11.4 Å². The number of hydrogen-bond donors (Lipinski definition) is 1. The molecule has 0 saturated carbocycles. The van der Waals surface area contributed by atoms with Gasteiger partial charge in [-0.2, -0.15) is 5.10 Å². The molecule has 1 aliphatic heterocycles. The summed E-state index contributed by atoms with van der Waals surface area (Å²) in [7, 11) is 0. The second kappa shape index (κ2) is 9.27. The van der Waals surface area contributed by atoms with Gasteiger partial charge in [-0.3, -0.25) is 0 Å². The van der Waals surface area contributed by atoms with Gasteiger partial charge >= 0.3 is 0 Å². The molecule has 0 saturated heterocycles. The second-order valence-corrected chi connectivity index (χ2v) is 8.14. The van der Waals surface area contributed by atoms with Crippen LogP contribution in [0.2, 0.25) is 0 Å². The number of halogens is 1. The maximum absolute atomic E-state index is 13.3. The first-order valence-electron chi connectivity index (χ1n) is 11.1. The van der Waals surface area contributed by atoms with Crippen LogP contribution in [0.25, 0.3) is 5.69 Å². The molecule has 0 unspecified atom stereocenters. The van der Waals surface area contributed by atoms with Crippen LogP contribution < -0.4 is 10.1 Å². The number of nitrogens with zero attached hydrogens (tertiary/aromatic N) is 2. The SMILES string of the molecule is Fc1ccc(Cc2nn(-c3ccc(OCc4ccccc4)cc3)c3c2CCCCN3)cc1. The predicted molar refractivity (Wildman–Crippen MR) is 125 cm³/mol. The minimum atomic E-state index is -0.214. The van der Waals surface area contributed by atoms with E-state index in [0.717, 1.165) is 59.9 Å². The van der Waals surface area contributed by atoms with Crippen LogP contribution in [0.5, 0.6) is 5.75 Å². The van der Waals surface area contributed by atoms with Crippen LogP contribution in [0, 0.1) is 5.82 Å². The fraction of sp³-hybridized carbons (Fsp3) is 0.222. The van der Waals surface area contributed by atoms with Gasteiger partial charge in [0.1, 0.15) is 24.0 Å². The highest BCUT2D eigenvalue weighted by Gasteiger charge is 2.20. The monoisotopic (exact) mass is 427 g/mol. The average molecular weight is 428 g/mol. The third kappa shape index (κ3) is 4.52. The van der Waals surface area contributed by atoms with Gasteiger partial charge in [-0.25, -0.2) is 9.07 Å². The highest BCUT2D eigenvalue weighted by molar-refractivity contribution is 5.55. The average Bonchev–Trinajstić information content (AvgIpc) is 3.00. The van der Waals surface area contributed by atoms with Gasteiger partial charge in [0.05, 0.1) is 11.4 Å². The summed E-state index contributed by atoms with van der Waals surface area (Å²) in [5, 5.41) is 8.54. The Morgan fingerprint density at radius 3 is 2.44 bits per heavy atom. The Morgan fingerprint density at radius 1 is 0.875 bits per heavy atom. The number of benzene rings is 3. The van der Waals surface area contributed by atoms with Gasteiger partial charge in [0, 0.05) is 18.5 Å². The van der Waals surface area contributed by atoms with Crippen LogP contribution in [0.4, 0.5) is 10.2 Å². The summed E-state index contributed by atoms with van der Waals surface area (Å²) in [5.74, 6) is 1.68. The molecule has 0 aliphatic carbocycles. The molecule has 2 heterocycles. The largest absolute Gasteiger partial charge is 0.489 e. The summed E-state index contributed by atoms with van der Waals surface area (Å²) >= 11 is 0. The number of hydrogen-bond acceptors (Lipinski definition) is 3. The molecule has 0 radical (unpaired) electrons. The Balaban J connectivity index is 1.39. The van der Waals surface area contributed by atoms with E-state index in [2.05, 4.69) is 17.4 Å². The van der Waals surface area contributed by atoms with Gasteiger partial charge in [-0.1, -0.05) is 42.5 Å². The molecule has 1 aliphatic rings. The Morgan fingerprint density at radius 2 is 1.66 bits per heavy atom. The van der Waals surface area contributed by atoms with Crippen molar-refractivity contribution in [2.75, 3.05) is 11.9 Å². The first-order chi connectivity index (χ1) is 15.8. The fourth-order valence-corrected chi connectivity index (χ4v) is 4.12. The third-order valence-corrected chi connectivity index (χ3v) is 5.83. The van der Waals surface area contributed by atoms with E-state index in [9.17, 15) is 4.39 Å². The van der Waals surface area contributed by atoms with E-state index in [1.165, 1.54) is 17.7 Å². The summed E-state index contributed by atoms with van der Waals surface area (Å²) in [4.78, 5) is 0. The molecule has 0 atom stereocenters. The lowest BCUT2D eigenvalue weighted by Gasteiger charge is -2.11. The summed E-state index contributed by atoms with van der Waals surface area (Å²) in [6.45, 7) is 1.48. The van der Waals surface area contributed by atoms with Crippen molar-refractivity contribution in [3.05, 3.63) is 107 Å². The number of fused-ring (bicyclic) bond motifs is 1. The standard InChI is InChI=1S/C27H26FN3O/c28-22-11-9-20(10-12-22)18-26-25-8-4-5-17-29-27(25)31(30-26)23-13-15-24(16-14-23)32-19-21-6-2-1-3-7-21/h1-3,6-7,9-16,29H,4-5,8,17-19H2. The highest BCUT2D eigenvalue weighted by Crippen LogP contribution is 2.30. The summed E-state index contributed by atoms with van der Waals surface area (Å²) in [6.07, 6.45) is 3.96. The van der Waals surface area contributed by atoms with Gasteiger partial charge in [-0.15, -0.1) is 0 Å². The molecule has 4 aromatic rings. The minimum absolute atomic E-state index is 0.214. The van der Waals surface area contributed by atoms with Gasteiger partial charge in [-0.05, 0) is 66.8 Å². The summed E-state index contributed by atoms with van der Waals surface area (Å²) in [5.41, 5.74) is 5.51. The Hall–Kier alpha value is -3.60. The normalized spacial score (nSPS) is 13.2. The van der Waals surface area contributed by atoms with Gasteiger partial charge in [0.2, 0.25) is 0 Å². The Labute approximate surface area is 187 Å². The van der Waals surface area contributed by atoms with Crippen molar-refractivity contribution in [2.45, 2.75) is 32.3 Å². The predicted octanol–water partition coefficient (Wildman–Crippen LogP) is 5.93. The van der Waals surface area contributed by atoms with Crippen molar-refractivity contribution >= 4 is 5.82 Å². The number of ether oxygens (including phenoxy) is 1. The molecule has 4 nitrogen and oxygen atoms in total. The minimum Gasteiger partial charge on any atom is -0.489 e. The number of anilines is 1. The molecule has 1 N–H and O–H groups in total. The molecule has 0 bridgehead atoms. The maximum Gasteiger partial charge on any atom is 0.133 e. The van der Waals surface area contributed by atoms with E-state index in [0.29, 0.717) is 13.0 Å². The van der Waals surface area contributed by atoms with Crippen molar-refractivity contribution in [1.29, 1.82) is 0 Å². The summed E-state index contributed by atoms with van der Waals surface area (Å²) in [6, 6.07) is 24.9. The van der Waals surface area contributed by atoms with E-state index in [1.54, 1.807) is 0 Å². The second-order valence-electron chi connectivity index (χ2n) is 8.14. The quantitative estimate of drug-likeness (QED) is 0.415. The maximum atomic E-state index is 13.3. The van der Waals surface area contributed by atoms with Crippen LogP contribution in [-0.4, -0.2) is 16.3 Å². The molecular formula is C27H26FN3O. The van der Waals surface area contributed by atoms with Crippen molar-refractivity contribution in [3.63, 3.8) is 0 Å². The van der Waals surface area contributed by atoms with E-state index in [4.69, 9.17) is 9.84 Å². The zero-order valence-corrected chi connectivity index (χ0v) is 17.9. The highest BCUT2D eigenvalue weighted by atomic mass is 19.1. The number of nitrogens with one attached hydrogen (secondary N) is 1. The van der Waals surface area contributed by atoms with Gasteiger partial charge < -0.3 is 10.1 Å². The lowest BCUT2D eigenvalue weighted by Crippen LogP contribution is -2.07. The summed E-state index contributed by atoms with van der Waals surface area (Å²) < 4.78 is 21.3. The Kier molecular flexibility index (Phi) is 5.88. The van der Waals surface area contributed by atoms with Crippen LogP contribution in [0.3, 0.4) is 0 Å². The first kappa shape index (κ1) is 20.3. The number of aromatic nitrogens is 2. The zero-order chi connectivity index (χ0) is 21.8. The van der Waals surface area contributed by atoms with Crippen molar-refractivity contribution < 1.29 is 9.13 Å². The van der Waals surface area contributed by atoms with Gasteiger partial charge in [0.15, 0.2) is 0 Å². The topological polar surface area (TPSA) is 39.1 Å². The molecule has 1 aromatic heterocycles. The first-order valence-corrected chi connectivity index (χ1v) is 11.1. The molecule has 0 amide bonds. The molecule has 32 heavy (non-hydrogen) atoms. The fourth-order valence-electron chi connectivity index (χ4n) is 4.12. The molecule has 5 rings (SSSR count). The third-order valence-electron chi connectivity index (χ3n) is 5.83. The van der Waals surface area contributed by atoms with Gasteiger partial charge in [0.25, 0.3) is 0 Å². The molecular weight excluding hydrogens is 401 g/mol. The van der Waals surface area contributed by atoms with Crippen LogP contribution >= 0.6 is 0 Å². The van der Waals surface area contributed by atoms with Crippen LogP contribution in [0.15, 0.2) is 78.9 Å². The number of rotatable bonds is 6. The van der Waals surface area contributed by atoms with E-state index < -0.39 is 0 Å². The molecule has 0 spiro atoms.